The van der Waals surface area contributed by atoms with Gasteiger partial charge in [0.15, 0.2) is 0 Å². The van der Waals surface area contributed by atoms with Crippen LogP contribution in [0.15, 0.2) is 0 Å². The fourth-order valence-electron chi connectivity index (χ4n) is 0. The van der Waals surface area contributed by atoms with Crippen LogP contribution in [0.25, 0.3) is 0 Å². The number of amides is 1. The van der Waals surface area contributed by atoms with Crippen LogP contribution >= 0.6 is 0 Å². The van der Waals surface area contributed by atoms with E-state index < -0.39 is 5.97 Å². The number of rotatable bonds is 0. The lowest BCUT2D eigenvalue weighted by atomic mass is 10.7. The number of carbonyl (C=O) groups is 2. The molecule has 1 amide bonds. The van der Waals surface area contributed by atoms with Crippen LogP contribution in [0.4, 0.5) is 0 Å². The second-order valence-corrected chi connectivity index (χ2v) is 2.43. The molecule has 0 fully saturated rings. The minimum absolute atomic E-state index is 0.0926. The number of hydrogen-bond acceptors (Lipinski definition) is 3. The molecule has 0 heterocycles. The molecule has 0 aromatic carbocycles. The third kappa shape index (κ3) is 103. The van der Waals surface area contributed by atoms with Crippen molar-refractivity contribution in [2.24, 2.45) is 0 Å². The highest BCUT2D eigenvalue weighted by atomic mass is 16.4. The first-order chi connectivity index (χ1) is 5.79. The molecule has 0 bridgehead atoms. The van der Waals surface area contributed by atoms with Crippen molar-refractivity contribution in [1.29, 1.82) is 0 Å². The Labute approximate surface area is 79.7 Å². The van der Waals surface area contributed by atoms with Gasteiger partial charge in [0.05, 0.1) is 0 Å². The van der Waals surface area contributed by atoms with E-state index in [1.54, 1.807) is 14.1 Å². The summed E-state index contributed by atoms with van der Waals surface area (Å²) in [5.74, 6) is -0.741. The molecule has 0 atom stereocenters. The van der Waals surface area contributed by atoms with Gasteiger partial charge in [0.25, 0.3) is 5.97 Å². The van der Waals surface area contributed by atoms with Crippen molar-refractivity contribution in [3.05, 3.63) is 0 Å². The Morgan fingerprint density at radius 2 is 1.23 bits per heavy atom. The molecule has 0 saturated carbocycles. The number of aliphatic carboxylic acids is 1. The summed E-state index contributed by atoms with van der Waals surface area (Å²) in [4.78, 5) is 20.6. The van der Waals surface area contributed by atoms with E-state index in [2.05, 4.69) is 5.32 Å². The maximum atomic E-state index is 10.1. The molecule has 0 aromatic rings. The fourth-order valence-corrected chi connectivity index (χ4v) is 0. The molecule has 5 heteroatoms. The zero-order chi connectivity index (χ0) is 11.4. The number of nitrogens with zero attached hydrogens (tertiary/aromatic N) is 1. The molecule has 0 aliphatic rings. The molecule has 0 unspecified atom stereocenters. The van der Waals surface area contributed by atoms with Gasteiger partial charge in [-0.1, -0.05) is 0 Å². The number of hydrogen-bond donors (Lipinski definition) is 2. The molecule has 0 aliphatic heterocycles. The van der Waals surface area contributed by atoms with Gasteiger partial charge in [0, 0.05) is 27.9 Å². The highest BCUT2D eigenvalue weighted by Crippen LogP contribution is 1.69. The average Bonchev–Trinajstić information content (AvgIpc) is 1.87. The van der Waals surface area contributed by atoms with Crippen molar-refractivity contribution in [3.63, 3.8) is 0 Å². The molecule has 2 N–H and O–H groups in total. The topological polar surface area (TPSA) is 69.6 Å². The normalized spacial score (nSPS) is 6.92. The minimum Gasteiger partial charge on any atom is -0.481 e. The van der Waals surface area contributed by atoms with Crippen LogP contribution in [0.3, 0.4) is 0 Å². The highest BCUT2D eigenvalue weighted by Gasteiger charge is 1.87. The van der Waals surface area contributed by atoms with E-state index in [1.807, 2.05) is 14.1 Å². The largest absolute Gasteiger partial charge is 0.481 e. The Morgan fingerprint density at radius 1 is 1.15 bits per heavy atom. The van der Waals surface area contributed by atoms with E-state index in [1.165, 1.54) is 11.8 Å². The summed E-state index contributed by atoms with van der Waals surface area (Å²) in [6.07, 6.45) is 0. The summed E-state index contributed by atoms with van der Waals surface area (Å²) < 4.78 is 0. The molecule has 0 radical (unpaired) electrons. The van der Waals surface area contributed by atoms with Gasteiger partial charge in [-0.2, -0.15) is 0 Å². The fraction of sp³-hybridized carbons (Fsp3) is 0.750. The van der Waals surface area contributed by atoms with Crippen molar-refractivity contribution in [1.82, 2.24) is 10.2 Å². The van der Waals surface area contributed by atoms with Gasteiger partial charge < -0.3 is 15.3 Å². The van der Waals surface area contributed by atoms with Crippen LogP contribution in [-0.2, 0) is 9.59 Å². The SMILES string of the molecule is CC(=O)N(C)C.CC(=O)O.CNC. The van der Waals surface area contributed by atoms with Gasteiger partial charge >= 0.3 is 0 Å². The average molecular weight is 192 g/mol. The van der Waals surface area contributed by atoms with Gasteiger partial charge in [-0.3, -0.25) is 9.59 Å². The third-order valence-corrected chi connectivity index (χ3v) is 0.630. The second-order valence-electron chi connectivity index (χ2n) is 2.43. The van der Waals surface area contributed by atoms with Crippen LogP contribution < -0.4 is 5.32 Å². The monoisotopic (exact) mass is 192 g/mol. The Bertz CT molecular complexity index is 131. The van der Waals surface area contributed by atoms with Crippen LogP contribution in [0.2, 0.25) is 0 Å². The van der Waals surface area contributed by atoms with Crippen LogP contribution in [0.1, 0.15) is 13.8 Å². The van der Waals surface area contributed by atoms with Crippen LogP contribution in [-0.4, -0.2) is 50.1 Å². The third-order valence-electron chi connectivity index (χ3n) is 0.630. The first kappa shape index (κ1) is 17.8. The van der Waals surface area contributed by atoms with Crippen LogP contribution in [0, 0.1) is 0 Å². The molecule has 0 aliphatic carbocycles. The lowest BCUT2D eigenvalue weighted by Gasteiger charge is -2.02. The Hall–Kier alpha value is -1.10. The van der Waals surface area contributed by atoms with Crippen molar-refractivity contribution in [2.75, 3.05) is 28.2 Å². The zero-order valence-electron chi connectivity index (χ0n) is 9.21. The van der Waals surface area contributed by atoms with E-state index in [9.17, 15) is 4.79 Å². The van der Waals surface area contributed by atoms with Gasteiger partial charge in [-0.15, -0.1) is 0 Å². The lowest BCUT2D eigenvalue weighted by Crippen LogP contribution is -2.17. The maximum absolute atomic E-state index is 10.1. The summed E-state index contributed by atoms with van der Waals surface area (Å²) in [6, 6.07) is 0. The summed E-state index contributed by atoms with van der Waals surface area (Å²) in [5, 5.41) is 10.2. The smallest absolute Gasteiger partial charge is 0.300 e. The number of carbonyl (C=O) groups excluding carboxylic acids is 1. The van der Waals surface area contributed by atoms with Gasteiger partial charge in [0.1, 0.15) is 0 Å². The summed E-state index contributed by atoms with van der Waals surface area (Å²) in [7, 11) is 7.20. The molecule has 0 spiro atoms. The molecule has 0 rings (SSSR count). The van der Waals surface area contributed by atoms with Crippen molar-refractivity contribution >= 4 is 11.9 Å². The van der Waals surface area contributed by atoms with E-state index in [4.69, 9.17) is 9.90 Å². The van der Waals surface area contributed by atoms with Gasteiger partial charge in [0.2, 0.25) is 5.91 Å². The molecular formula is C8H20N2O3. The predicted octanol–water partition coefficient (Wildman–Crippen LogP) is 0.0210. The predicted molar refractivity (Wildman–Crippen MR) is 52.7 cm³/mol. The van der Waals surface area contributed by atoms with Crippen molar-refractivity contribution in [2.45, 2.75) is 13.8 Å². The standard InChI is InChI=1S/C4H9NO.C2H7N.C2H4O2/c1-4(6)5(2)3;1-3-2;1-2(3)4/h1-3H3;3H,1-2H3;1H3,(H,3,4). The van der Waals surface area contributed by atoms with E-state index in [0.29, 0.717) is 0 Å². The molecule has 13 heavy (non-hydrogen) atoms. The molecule has 0 aromatic heterocycles. The molecule has 5 nitrogen and oxygen atoms in total. The Morgan fingerprint density at radius 3 is 1.23 bits per heavy atom. The van der Waals surface area contributed by atoms with E-state index >= 15 is 0 Å². The summed E-state index contributed by atoms with van der Waals surface area (Å²) in [6.45, 7) is 2.61. The second kappa shape index (κ2) is 13.5. The number of carboxylic acid groups (broad SMARTS) is 1. The lowest BCUT2D eigenvalue weighted by molar-refractivity contribution is -0.134. The van der Waals surface area contributed by atoms with Crippen LogP contribution in [0.5, 0.6) is 0 Å². The Balaban J connectivity index is -0.000000125. The first-order valence-corrected chi connectivity index (χ1v) is 3.75. The minimum atomic E-state index is -0.833. The summed E-state index contributed by atoms with van der Waals surface area (Å²) >= 11 is 0. The quantitative estimate of drug-likeness (QED) is 0.567. The highest BCUT2D eigenvalue weighted by molar-refractivity contribution is 5.72. The van der Waals surface area contributed by atoms with Gasteiger partial charge in [-0.05, 0) is 14.1 Å². The molecule has 80 valence electrons. The molecular weight excluding hydrogens is 172 g/mol. The zero-order valence-corrected chi connectivity index (χ0v) is 9.21. The summed E-state index contributed by atoms with van der Waals surface area (Å²) in [5.41, 5.74) is 0. The number of carboxylic acids is 1. The van der Waals surface area contributed by atoms with Crippen molar-refractivity contribution < 1.29 is 14.7 Å². The van der Waals surface area contributed by atoms with E-state index in [0.717, 1.165) is 6.92 Å². The van der Waals surface area contributed by atoms with E-state index in [-0.39, 0.29) is 5.91 Å². The first-order valence-electron chi connectivity index (χ1n) is 3.75. The molecule has 0 saturated heterocycles. The number of nitrogens with one attached hydrogen (secondary N) is 1. The maximum Gasteiger partial charge on any atom is 0.300 e. The van der Waals surface area contributed by atoms with Gasteiger partial charge in [-0.25, -0.2) is 0 Å². The Kier molecular flexibility index (Phi) is 18.5. The van der Waals surface area contributed by atoms with Crippen molar-refractivity contribution in [3.8, 4) is 0 Å².